The van der Waals surface area contributed by atoms with Gasteiger partial charge in [0, 0.05) is 21.1 Å². The third-order valence-corrected chi connectivity index (χ3v) is 0.853. The van der Waals surface area contributed by atoms with Crippen molar-refractivity contribution in [2.24, 2.45) is 0 Å². The van der Waals surface area contributed by atoms with Crippen LogP contribution in [0.25, 0.3) is 5.73 Å². The van der Waals surface area contributed by atoms with Gasteiger partial charge in [-0.2, -0.15) is 0 Å². The number of esters is 1. The molecule has 0 unspecified atom stereocenters. The fraction of sp³-hybridized carbons (Fsp3) is 0.889. The molecule has 0 aliphatic heterocycles. The molecule has 13 heavy (non-hydrogen) atoms. The molecule has 0 bridgehead atoms. The maximum absolute atomic E-state index is 10.9. The Hall–Kier alpha value is 0.118. The topological polar surface area (TPSA) is 50.1 Å². The average molecular weight is 358 g/mol. The molecule has 80 valence electrons. The molecule has 0 spiro atoms. The van der Waals surface area contributed by atoms with Crippen molar-refractivity contribution in [1.29, 1.82) is 0 Å². The van der Waals surface area contributed by atoms with Crippen molar-refractivity contribution < 1.29 is 30.6 Å². The minimum Gasteiger partial charge on any atom is -0.663 e. The van der Waals surface area contributed by atoms with Crippen LogP contribution in [-0.4, -0.2) is 17.6 Å². The van der Waals surface area contributed by atoms with Crippen molar-refractivity contribution in [2.75, 3.05) is 0 Å². The minimum absolute atomic E-state index is 0. The molecule has 0 radical (unpaired) electrons. The van der Waals surface area contributed by atoms with Gasteiger partial charge in [-0.1, -0.05) is 27.7 Å². The summed E-state index contributed by atoms with van der Waals surface area (Å²) in [6.45, 7) is 10.6. The van der Waals surface area contributed by atoms with Crippen LogP contribution < -0.4 is 0 Å². The van der Waals surface area contributed by atoms with Crippen molar-refractivity contribution in [3.63, 3.8) is 0 Å². The normalized spacial score (nSPS) is 9.54. The third kappa shape index (κ3) is 12.1. The van der Waals surface area contributed by atoms with Crippen molar-refractivity contribution in [3.05, 3.63) is 5.73 Å². The number of nitrogens with one attached hydrogen (secondary N) is 1. The summed E-state index contributed by atoms with van der Waals surface area (Å²) in [5.41, 5.74) is 6.14. The van der Waals surface area contributed by atoms with Crippen molar-refractivity contribution in [3.8, 4) is 0 Å². The van der Waals surface area contributed by atoms with Crippen LogP contribution in [0.2, 0.25) is 0 Å². The van der Waals surface area contributed by atoms with Gasteiger partial charge in [-0.15, -0.1) is 0 Å². The van der Waals surface area contributed by atoms with Crippen LogP contribution >= 0.6 is 0 Å². The van der Waals surface area contributed by atoms with Gasteiger partial charge < -0.3 is 10.5 Å². The summed E-state index contributed by atoms with van der Waals surface area (Å²) in [7, 11) is 0. The molecule has 0 atom stereocenters. The Kier molecular flexibility index (Phi) is 12.6. The summed E-state index contributed by atoms with van der Waals surface area (Å²) in [5.74, 6) is -0.470. The minimum atomic E-state index is -1.12. The molecule has 0 rings (SSSR count). The zero-order chi connectivity index (χ0) is 10.4. The Morgan fingerprint density at radius 3 is 1.69 bits per heavy atom. The molecule has 0 saturated carbocycles. The first kappa shape index (κ1) is 18.8. The molecular weight excluding hydrogens is 338 g/mol. The number of carbonyl (C=O) groups is 1. The van der Waals surface area contributed by atoms with Gasteiger partial charge in [-0.3, -0.25) is 4.79 Å². The summed E-state index contributed by atoms with van der Waals surface area (Å²) in [6.07, 6.45) is -0.128. The number of ether oxygens (including phenoxy) is 1. The largest absolute Gasteiger partial charge is 0.663 e. The predicted octanol–water partition coefficient (Wildman–Crippen LogP) is 2.79. The Labute approximate surface area is 95.7 Å². The van der Waals surface area contributed by atoms with Crippen LogP contribution in [-0.2, 0) is 30.6 Å². The second-order valence-corrected chi connectivity index (χ2v) is 3.08. The predicted molar refractivity (Wildman–Crippen MR) is 51.0 cm³/mol. The fourth-order valence-corrected chi connectivity index (χ4v) is 0.361. The average Bonchev–Trinajstić information content (AvgIpc) is 1.88. The maximum atomic E-state index is 10.9. The van der Waals surface area contributed by atoms with Gasteiger partial charge in [0.15, 0.2) is 0 Å². The van der Waals surface area contributed by atoms with Gasteiger partial charge >= 0.3 is 0 Å². The van der Waals surface area contributed by atoms with E-state index in [1.807, 2.05) is 13.8 Å². The monoisotopic (exact) mass is 358 g/mol. The van der Waals surface area contributed by atoms with E-state index in [-0.39, 0.29) is 27.2 Å². The smallest absolute Gasteiger partial charge is 0.290 e. The number of rotatable bonds is 2. The molecule has 1 N–H and O–H groups in total. The van der Waals surface area contributed by atoms with E-state index in [0.29, 0.717) is 0 Å². The van der Waals surface area contributed by atoms with E-state index in [4.69, 9.17) is 10.5 Å². The summed E-state index contributed by atoms with van der Waals surface area (Å²) in [4.78, 5) is 10.9. The second-order valence-electron chi connectivity index (χ2n) is 3.08. The summed E-state index contributed by atoms with van der Waals surface area (Å²) >= 11 is 0. The summed E-state index contributed by atoms with van der Waals surface area (Å²) in [5, 5.41) is 0. The van der Waals surface area contributed by atoms with Crippen molar-refractivity contribution in [1.82, 2.24) is 0 Å². The van der Waals surface area contributed by atoms with E-state index in [0.717, 1.165) is 0 Å². The van der Waals surface area contributed by atoms with Gasteiger partial charge in [0.05, 0.1) is 6.10 Å². The van der Waals surface area contributed by atoms with E-state index in [2.05, 4.69) is 0 Å². The van der Waals surface area contributed by atoms with E-state index in [1.54, 1.807) is 13.8 Å². The van der Waals surface area contributed by atoms with Crippen molar-refractivity contribution >= 4 is 5.97 Å². The quantitative estimate of drug-likeness (QED) is 0.713. The number of carbonyl (C=O) groups excluding carboxylic acids is 1. The Morgan fingerprint density at radius 2 is 1.62 bits per heavy atom. The van der Waals surface area contributed by atoms with Gasteiger partial charge in [0.25, 0.3) is 5.97 Å². The molecule has 3 nitrogen and oxygen atoms in total. The first-order chi connectivity index (χ1) is 5.34. The molecule has 0 saturated heterocycles. The zero-order valence-electron chi connectivity index (χ0n) is 9.30. The molecule has 0 aliphatic rings. The number of hydrogen-bond donors (Lipinski definition) is 0. The molecule has 4 heteroatoms. The fourth-order valence-electron chi connectivity index (χ4n) is 0.361. The molecular formula is C9H20NO2W-. The Balaban J connectivity index is -0.000000309. The van der Waals surface area contributed by atoms with Gasteiger partial charge in [-0.05, 0) is 19.4 Å². The van der Waals surface area contributed by atoms with E-state index in [9.17, 15) is 4.79 Å². The summed E-state index contributed by atoms with van der Waals surface area (Å²) in [6, 6.07) is 0. The summed E-state index contributed by atoms with van der Waals surface area (Å²) < 4.78 is 4.79. The molecule has 0 aromatic carbocycles. The Morgan fingerprint density at radius 1 is 1.31 bits per heavy atom. The molecule has 0 aliphatic carbocycles. The van der Waals surface area contributed by atoms with Gasteiger partial charge in [0.1, 0.15) is 0 Å². The van der Waals surface area contributed by atoms with Crippen molar-refractivity contribution in [2.45, 2.75) is 53.2 Å². The molecule has 0 aromatic rings. The van der Waals surface area contributed by atoms with Crippen LogP contribution in [0.4, 0.5) is 0 Å². The number of hydrogen-bond acceptors (Lipinski definition) is 2. The first-order valence-electron chi connectivity index (χ1n) is 4.30. The van der Waals surface area contributed by atoms with Gasteiger partial charge in [0.2, 0.25) is 0 Å². The Bertz CT molecular complexity index is 130. The first-order valence-corrected chi connectivity index (χ1v) is 4.30. The SMILES string of the molecule is CC.CC(C)OC(=O)C(C)(C)[NH-].[W]. The molecule has 0 fully saturated rings. The van der Waals surface area contributed by atoms with E-state index in [1.165, 1.54) is 13.8 Å². The van der Waals surface area contributed by atoms with Crippen LogP contribution in [0.3, 0.4) is 0 Å². The molecule has 0 amide bonds. The molecule has 0 aromatic heterocycles. The van der Waals surface area contributed by atoms with Crippen LogP contribution in [0, 0.1) is 0 Å². The molecule has 0 heterocycles. The maximum Gasteiger partial charge on any atom is 0.290 e. The van der Waals surface area contributed by atoms with E-state index < -0.39 is 11.5 Å². The van der Waals surface area contributed by atoms with Crippen LogP contribution in [0.1, 0.15) is 41.5 Å². The third-order valence-electron chi connectivity index (χ3n) is 0.853. The van der Waals surface area contributed by atoms with Crippen LogP contribution in [0.15, 0.2) is 0 Å². The van der Waals surface area contributed by atoms with Gasteiger partial charge in [-0.25, -0.2) is 0 Å². The van der Waals surface area contributed by atoms with Crippen LogP contribution in [0.5, 0.6) is 0 Å². The standard InChI is InChI=1S/C7H14NO2.C2H6.W/c1-5(2)10-6(9)7(3,4)8;1-2;/h5,8H,1-4H3;1-2H3;/q-1;;. The second kappa shape index (κ2) is 8.70. The zero-order valence-corrected chi connectivity index (χ0v) is 12.2. The van der Waals surface area contributed by atoms with E-state index >= 15 is 0 Å².